The predicted molar refractivity (Wildman–Crippen MR) is 88.0 cm³/mol. The summed E-state index contributed by atoms with van der Waals surface area (Å²) in [5, 5.41) is 8.03. The molecule has 2 aromatic rings. The molecule has 22 heavy (non-hydrogen) atoms. The van der Waals surface area contributed by atoms with Crippen LogP contribution in [0.3, 0.4) is 0 Å². The molecule has 1 atom stereocenters. The standard InChI is InChI=1S/C17H26N4O/c1-12(14-10-20-21(13(14)2)17(3,4)5)19-11-15-16(22-6)8-7-9-18-15/h7-10,12,19H,11H2,1-6H3. The highest BCUT2D eigenvalue weighted by Crippen LogP contribution is 2.23. The van der Waals surface area contributed by atoms with Crippen LogP contribution in [0.25, 0.3) is 0 Å². The minimum atomic E-state index is -0.00768. The first-order valence-electron chi connectivity index (χ1n) is 7.61. The monoisotopic (exact) mass is 302 g/mol. The van der Waals surface area contributed by atoms with Crippen molar-refractivity contribution < 1.29 is 4.74 Å². The highest BCUT2D eigenvalue weighted by atomic mass is 16.5. The van der Waals surface area contributed by atoms with Crippen LogP contribution in [0.2, 0.25) is 0 Å². The number of rotatable bonds is 5. The van der Waals surface area contributed by atoms with E-state index < -0.39 is 0 Å². The van der Waals surface area contributed by atoms with Gasteiger partial charge in [0.25, 0.3) is 0 Å². The van der Waals surface area contributed by atoms with Crippen LogP contribution in [0, 0.1) is 6.92 Å². The van der Waals surface area contributed by atoms with Gasteiger partial charge in [-0.3, -0.25) is 9.67 Å². The van der Waals surface area contributed by atoms with Crippen molar-refractivity contribution in [2.45, 2.75) is 52.7 Å². The molecule has 0 aromatic carbocycles. The van der Waals surface area contributed by atoms with Crippen LogP contribution in [-0.2, 0) is 12.1 Å². The van der Waals surface area contributed by atoms with Crippen molar-refractivity contribution in [1.82, 2.24) is 20.1 Å². The van der Waals surface area contributed by atoms with E-state index in [4.69, 9.17) is 4.74 Å². The molecule has 0 saturated carbocycles. The molecule has 0 saturated heterocycles. The Morgan fingerprint density at radius 2 is 2.09 bits per heavy atom. The van der Waals surface area contributed by atoms with Crippen molar-refractivity contribution in [2.75, 3.05) is 7.11 Å². The van der Waals surface area contributed by atoms with E-state index in [0.717, 1.165) is 11.4 Å². The highest BCUT2D eigenvalue weighted by molar-refractivity contribution is 5.27. The first-order chi connectivity index (χ1) is 10.3. The normalized spacial score (nSPS) is 13.2. The lowest BCUT2D eigenvalue weighted by molar-refractivity contribution is 0.347. The van der Waals surface area contributed by atoms with E-state index in [1.807, 2.05) is 18.3 Å². The van der Waals surface area contributed by atoms with Crippen LogP contribution in [0.1, 0.15) is 50.7 Å². The molecular formula is C17H26N4O. The second-order valence-electron chi connectivity index (χ2n) is 6.52. The number of aromatic nitrogens is 3. The van der Waals surface area contributed by atoms with Gasteiger partial charge in [-0.2, -0.15) is 5.10 Å². The van der Waals surface area contributed by atoms with E-state index in [2.05, 4.69) is 54.7 Å². The highest BCUT2D eigenvalue weighted by Gasteiger charge is 2.20. The first kappa shape index (κ1) is 16.5. The van der Waals surface area contributed by atoms with Gasteiger partial charge < -0.3 is 10.1 Å². The Balaban J connectivity index is 2.10. The van der Waals surface area contributed by atoms with Gasteiger partial charge in [0, 0.05) is 30.0 Å². The smallest absolute Gasteiger partial charge is 0.141 e. The molecular weight excluding hydrogens is 276 g/mol. The SMILES string of the molecule is COc1cccnc1CNC(C)c1cnn(C(C)(C)C)c1C. The van der Waals surface area contributed by atoms with Crippen molar-refractivity contribution in [3.8, 4) is 5.75 Å². The number of pyridine rings is 1. The van der Waals surface area contributed by atoms with Crippen LogP contribution < -0.4 is 10.1 Å². The van der Waals surface area contributed by atoms with Crippen LogP contribution in [0.15, 0.2) is 24.5 Å². The van der Waals surface area contributed by atoms with E-state index in [9.17, 15) is 0 Å². The van der Waals surface area contributed by atoms with Gasteiger partial charge in [0.2, 0.25) is 0 Å². The summed E-state index contributed by atoms with van der Waals surface area (Å²) < 4.78 is 7.41. The largest absolute Gasteiger partial charge is 0.495 e. The molecule has 0 aliphatic rings. The van der Waals surface area contributed by atoms with Crippen molar-refractivity contribution in [1.29, 1.82) is 0 Å². The van der Waals surface area contributed by atoms with Crippen LogP contribution >= 0.6 is 0 Å². The van der Waals surface area contributed by atoms with Crippen molar-refractivity contribution in [2.24, 2.45) is 0 Å². The van der Waals surface area contributed by atoms with E-state index in [-0.39, 0.29) is 11.6 Å². The average Bonchev–Trinajstić information content (AvgIpc) is 2.87. The van der Waals surface area contributed by atoms with Gasteiger partial charge in [-0.15, -0.1) is 0 Å². The van der Waals surface area contributed by atoms with Gasteiger partial charge in [-0.25, -0.2) is 0 Å². The topological polar surface area (TPSA) is 52.0 Å². The van der Waals surface area contributed by atoms with Gasteiger partial charge in [0.05, 0.1) is 24.5 Å². The fourth-order valence-electron chi connectivity index (χ4n) is 2.63. The third-order valence-electron chi connectivity index (χ3n) is 3.79. The number of ether oxygens (including phenoxy) is 1. The van der Waals surface area contributed by atoms with Crippen LogP contribution in [0.4, 0.5) is 0 Å². The van der Waals surface area contributed by atoms with Gasteiger partial charge in [0.15, 0.2) is 0 Å². The zero-order chi connectivity index (χ0) is 16.3. The lowest BCUT2D eigenvalue weighted by atomic mass is 10.1. The molecule has 0 aliphatic carbocycles. The molecule has 5 nitrogen and oxygen atoms in total. The predicted octanol–water partition coefficient (Wildman–Crippen LogP) is 3.20. The number of nitrogens with zero attached hydrogens (tertiary/aromatic N) is 3. The third-order valence-corrected chi connectivity index (χ3v) is 3.79. The number of hydrogen-bond acceptors (Lipinski definition) is 4. The Labute approximate surface area is 132 Å². The van der Waals surface area contributed by atoms with Gasteiger partial charge in [-0.1, -0.05) is 0 Å². The van der Waals surface area contributed by atoms with E-state index in [1.165, 1.54) is 11.3 Å². The maximum atomic E-state index is 5.34. The number of nitrogens with one attached hydrogen (secondary N) is 1. The fraction of sp³-hybridized carbons (Fsp3) is 0.529. The summed E-state index contributed by atoms with van der Waals surface area (Å²) in [6, 6.07) is 4.00. The molecule has 0 amide bonds. The summed E-state index contributed by atoms with van der Waals surface area (Å²) in [5.41, 5.74) is 3.31. The van der Waals surface area contributed by atoms with Gasteiger partial charge in [-0.05, 0) is 46.8 Å². The summed E-state index contributed by atoms with van der Waals surface area (Å²) in [6.45, 7) is 11.4. The quantitative estimate of drug-likeness (QED) is 0.921. The number of hydrogen-bond donors (Lipinski definition) is 1. The average molecular weight is 302 g/mol. The zero-order valence-electron chi connectivity index (χ0n) is 14.3. The Hall–Kier alpha value is -1.88. The zero-order valence-corrected chi connectivity index (χ0v) is 14.3. The summed E-state index contributed by atoms with van der Waals surface area (Å²) in [5.74, 6) is 0.810. The summed E-state index contributed by atoms with van der Waals surface area (Å²) in [7, 11) is 1.67. The minimum Gasteiger partial charge on any atom is -0.495 e. The van der Waals surface area contributed by atoms with Crippen molar-refractivity contribution in [3.63, 3.8) is 0 Å². The van der Waals surface area contributed by atoms with Crippen LogP contribution in [-0.4, -0.2) is 21.9 Å². The van der Waals surface area contributed by atoms with Gasteiger partial charge >= 0.3 is 0 Å². The van der Waals surface area contributed by atoms with E-state index in [1.54, 1.807) is 13.3 Å². The lowest BCUT2D eigenvalue weighted by Gasteiger charge is -2.22. The van der Waals surface area contributed by atoms with E-state index >= 15 is 0 Å². The molecule has 0 fully saturated rings. The molecule has 1 unspecified atom stereocenters. The third kappa shape index (κ3) is 3.47. The maximum absolute atomic E-state index is 5.34. The molecule has 2 rings (SSSR count). The maximum Gasteiger partial charge on any atom is 0.141 e. The molecule has 0 radical (unpaired) electrons. The molecule has 0 bridgehead atoms. The molecule has 2 aromatic heterocycles. The Morgan fingerprint density at radius 3 is 2.68 bits per heavy atom. The number of methoxy groups -OCH3 is 1. The Morgan fingerprint density at radius 1 is 1.36 bits per heavy atom. The first-order valence-corrected chi connectivity index (χ1v) is 7.61. The lowest BCUT2D eigenvalue weighted by Crippen LogP contribution is -2.25. The van der Waals surface area contributed by atoms with Crippen molar-refractivity contribution in [3.05, 3.63) is 41.5 Å². The molecule has 0 spiro atoms. The van der Waals surface area contributed by atoms with Crippen molar-refractivity contribution >= 4 is 0 Å². The molecule has 120 valence electrons. The molecule has 5 heteroatoms. The second kappa shape index (κ2) is 6.48. The summed E-state index contributed by atoms with van der Waals surface area (Å²) >= 11 is 0. The molecule has 1 N–H and O–H groups in total. The van der Waals surface area contributed by atoms with Crippen LogP contribution in [0.5, 0.6) is 5.75 Å². The minimum absolute atomic E-state index is 0.00768. The molecule has 2 heterocycles. The second-order valence-corrected chi connectivity index (χ2v) is 6.52. The fourth-order valence-corrected chi connectivity index (χ4v) is 2.63. The molecule has 0 aliphatic heterocycles. The van der Waals surface area contributed by atoms with E-state index in [0.29, 0.717) is 6.54 Å². The summed E-state index contributed by atoms with van der Waals surface area (Å²) in [6.07, 6.45) is 3.74. The Bertz CT molecular complexity index is 628. The van der Waals surface area contributed by atoms with Gasteiger partial charge in [0.1, 0.15) is 5.75 Å². The summed E-state index contributed by atoms with van der Waals surface area (Å²) in [4.78, 5) is 4.37. The Kier molecular flexibility index (Phi) is 4.86.